The quantitative estimate of drug-likeness (QED) is 0.732. The molecule has 1 unspecified atom stereocenters. The van der Waals surface area contributed by atoms with Crippen LogP contribution >= 0.6 is 0 Å². The number of hydrogen-bond acceptors (Lipinski definition) is 2. The Hall–Kier alpha value is -1.85. The molecule has 1 atom stereocenters. The van der Waals surface area contributed by atoms with Gasteiger partial charge in [0.15, 0.2) is 0 Å². The van der Waals surface area contributed by atoms with Gasteiger partial charge in [-0.1, -0.05) is 36.1 Å². The van der Waals surface area contributed by atoms with E-state index >= 15 is 0 Å². The van der Waals surface area contributed by atoms with E-state index in [0.717, 1.165) is 16.6 Å². The summed E-state index contributed by atoms with van der Waals surface area (Å²) in [5.74, 6) is 5.96. The molecule has 0 fully saturated rings. The van der Waals surface area contributed by atoms with Gasteiger partial charge in [-0.15, -0.1) is 0 Å². The molecule has 2 aromatic rings. The van der Waals surface area contributed by atoms with Crippen molar-refractivity contribution in [2.45, 2.75) is 19.4 Å². The van der Waals surface area contributed by atoms with Crippen molar-refractivity contribution >= 4 is 10.9 Å². The van der Waals surface area contributed by atoms with E-state index < -0.39 is 0 Å². The van der Waals surface area contributed by atoms with E-state index in [1.807, 2.05) is 31.2 Å². The molecule has 80 valence electrons. The molecule has 2 nitrogen and oxygen atoms in total. The molecular weight excluding hydrogens is 196 g/mol. The highest BCUT2D eigenvalue weighted by atomic mass is 14.7. The van der Waals surface area contributed by atoms with Crippen LogP contribution in [0.15, 0.2) is 36.4 Å². The Bertz CT molecular complexity index is 547. The summed E-state index contributed by atoms with van der Waals surface area (Å²) in [6.07, 6.45) is 0.659. The van der Waals surface area contributed by atoms with Crippen LogP contribution in [0.4, 0.5) is 0 Å². The van der Waals surface area contributed by atoms with E-state index in [9.17, 15) is 0 Å². The Labute approximate surface area is 95.5 Å². The summed E-state index contributed by atoms with van der Waals surface area (Å²) in [7, 11) is 0. The zero-order chi connectivity index (χ0) is 11.4. The Balaban J connectivity index is 2.24. The van der Waals surface area contributed by atoms with E-state index in [4.69, 9.17) is 5.73 Å². The number of para-hydroxylation sites is 1. The summed E-state index contributed by atoms with van der Waals surface area (Å²) in [5.41, 5.74) is 7.56. The summed E-state index contributed by atoms with van der Waals surface area (Å²) >= 11 is 0. The molecule has 2 rings (SSSR count). The van der Waals surface area contributed by atoms with Crippen LogP contribution in [0.3, 0.4) is 0 Å². The fourth-order valence-corrected chi connectivity index (χ4v) is 1.51. The number of benzene rings is 1. The third kappa shape index (κ3) is 2.59. The zero-order valence-electron chi connectivity index (χ0n) is 9.27. The number of pyridine rings is 1. The molecule has 16 heavy (non-hydrogen) atoms. The van der Waals surface area contributed by atoms with Crippen LogP contribution in [0.2, 0.25) is 0 Å². The SMILES string of the molecule is CC(N)C#CCc1ccc2ccccc2n1. The van der Waals surface area contributed by atoms with Crippen molar-refractivity contribution in [1.29, 1.82) is 0 Å². The van der Waals surface area contributed by atoms with Crippen molar-refractivity contribution in [2.75, 3.05) is 0 Å². The van der Waals surface area contributed by atoms with Crippen LogP contribution in [0, 0.1) is 11.8 Å². The zero-order valence-corrected chi connectivity index (χ0v) is 9.27. The molecule has 1 aromatic carbocycles. The summed E-state index contributed by atoms with van der Waals surface area (Å²) in [5, 5.41) is 1.16. The van der Waals surface area contributed by atoms with Crippen molar-refractivity contribution in [3.8, 4) is 11.8 Å². The monoisotopic (exact) mass is 210 g/mol. The molecule has 2 heteroatoms. The van der Waals surface area contributed by atoms with Gasteiger partial charge in [0.05, 0.1) is 23.7 Å². The van der Waals surface area contributed by atoms with Gasteiger partial charge in [-0.05, 0) is 19.1 Å². The van der Waals surface area contributed by atoms with Crippen molar-refractivity contribution in [3.63, 3.8) is 0 Å². The molecule has 0 saturated carbocycles. The van der Waals surface area contributed by atoms with Gasteiger partial charge in [0.1, 0.15) is 0 Å². The van der Waals surface area contributed by atoms with Gasteiger partial charge < -0.3 is 5.73 Å². The van der Waals surface area contributed by atoms with E-state index in [1.54, 1.807) is 0 Å². The average Bonchev–Trinajstić information content (AvgIpc) is 2.28. The Kier molecular flexibility index (Phi) is 3.19. The van der Waals surface area contributed by atoms with Gasteiger partial charge in [0.2, 0.25) is 0 Å². The fourth-order valence-electron chi connectivity index (χ4n) is 1.51. The van der Waals surface area contributed by atoms with Gasteiger partial charge in [-0.2, -0.15) is 0 Å². The second kappa shape index (κ2) is 4.78. The number of nitrogens with two attached hydrogens (primary N) is 1. The second-order valence-electron chi connectivity index (χ2n) is 3.78. The standard InChI is InChI=1S/C14H14N2/c1-11(15)5-4-7-13-10-9-12-6-2-3-8-14(12)16-13/h2-3,6,8-11H,7,15H2,1H3. The summed E-state index contributed by atoms with van der Waals surface area (Å²) in [6, 6.07) is 12.1. The molecule has 0 saturated heterocycles. The lowest BCUT2D eigenvalue weighted by Gasteiger charge is -1.99. The van der Waals surface area contributed by atoms with Crippen LogP contribution in [0.1, 0.15) is 12.6 Å². The lowest BCUT2D eigenvalue weighted by atomic mass is 10.2. The van der Waals surface area contributed by atoms with Crippen LogP contribution in [0.25, 0.3) is 10.9 Å². The highest BCUT2D eigenvalue weighted by Gasteiger charge is 1.95. The van der Waals surface area contributed by atoms with Gasteiger partial charge in [0.25, 0.3) is 0 Å². The lowest BCUT2D eigenvalue weighted by molar-refractivity contribution is 0.956. The van der Waals surface area contributed by atoms with Crippen molar-refractivity contribution in [1.82, 2.24) is 4.98 Å². The third-order valence-corrected chi connectivity index (χ3v) is 2.26. The summed E-state index contributed by atoms with van der Waals surface area (Å²) in [6.45, 7) is 1.88. The first kappa shape index (κ1) is 10.7. The number of fused-ring (bicyclic) bond motifs is 1. The summed E-state index contributed by atoms with van der Waals surface area (Å²) in [4.78, 5) is 4.53. The molecule has 0 radical (unpaired) electrons. The minimum atomic E-state index is -0.0690. The number of aromatic nitrogens is 1. The minimum absolute atomic E-state index is 0.0690. The number of nitrogens with zero attached hydrogens (tertiary/aromatic N) is 1. The Morgan fingerprint density at radius 2 is 2.06 bits per heavy atom. The van der Waals surface area contributed by atoms with Crippen molar-refractivity contribution in [3.05, 3.63) is 42.1 Å². The van der Waals surface area contributed by atoms with Crippen molar-refractivity contribution < 1.29 is 0 Å². The predicted molar refractivity (Wildman–Crippen MR) is 66.9 cm³/mol. The molecule has 2 N–H and O–H groups in total. The van der Waals surface area contributed by atoms with Gasteiger partial charge in [0, 0.05) is 5.39 Å². The normalized spacial score (nSPS) is 11.9. The molecule has 0 spiro atoms. The molecule has 1 aromatic heterocycles. The van der Waals surface area contributed by atoms with Crippen LogP contribution in [-0.2, 0) is 6.42 Å². The maximum Gasteiger partial charge on any atom is 0.0705 e. The third-order valence-electron chi connectivity index (χ3n) is 2.26. The van der Waals surface area contributed by atoms with E-state index in [0.29, 0.717) is 6.42 Å². The lowest BCUT2D eigenvalue weighted by Crippen LogP contribution is -2.11. The van der Waals surface area contributed by atoms with E-state index in [2.05, 4.69) is 29.0 Å². The number of rotatable bonds is 1. The predicted octanol–water partition coefficient (Wildman–Crippen LogP) is 2.13. The van der Waals surface area contributed by atoms with E-state index in [1.165, 1.54) is 0 Å². The van der Waals surface area contributed by atoms with E-state index in [-0.39, 0.29) is 6.04 Å². The van der Waals surface area contributed by atoms with Crippen LogP contribution in [0.5, 0.6) is 0 Å². The minimum Gasteiger partial charge on any atom is -0.318 e. The van der Waals surface area contributed by atoms with Gasteiger partial charge >= 0.3 is 0 Å². The summed E-state index contributed by atoms with van der Waals surface area (Å²) < 4.78 is 0. The topological polar surface area (TPSA) is 38.9 Å². The first-order chi connectivity index (χ1) is 7.75. The fraction of sp³-hybridized carbons (Fsp3) is 0.214. The first-order valence-electron chi connectivity index (χ1n) is 5.34. The molecule has 0 bridgehead atoms. The molecule has 0 amide bonds. The second-order valence-corrected chi connectivity index (χ2v) is 3.78. The first-order valence-corrected chi connectivity index (χ1v) is 5.34. The smallest absolute Gasteiger partial charge is 0.0705 e. The number of hydrogen-bond donors (Lipinski definition) is 1. The van der Waals surface area contributed by atoms with Crippen LogP contribution in [-0.4, -0.2) is 11.0 Å². The van der Waals surface area contributed by atoms with Crippen LogP contribution < -0.4 is 5.73 Å². The molecule has 1 heterocycles. The van der Waals surface area contributed by atoms with Gasteiger partial charge in [-0.25, -0.2) is 0 Å². The largest absolute Gasteiger partial charge is 0.318 e. The maximum atomic E-state index is 5.55. The Morgan fingerprint density at radius 3 is 2.88 bits per heavy atom. The van der Waals surface area contributed by atoms with Gasteiger partial charge in [-0.3, -0.25) is 4.98 Å². The highest BCUT2D eigenvalue weighted by Crippen LogP contribution is 2.11. The Morgan fingerprint density at radius 1 is 1.25 bits per heavy atom. The van der Waals surface area contributed by atoms with Crippen molar-refractivity contribution in [2.24, 2.45) is 5.73 Å². The molecule has 0 aliphatic carbocycles. The molecular formula is C14H14N2. The molecule has 0 aliphatic rings. The average molecular weight is 210 g/mol. The highest BCUT2D eigenvalue weighted by molar-refractivity contribution is 5.78. The maximum absolute atomic E-state index is 5.55. The molecule has 0 aliphatic heterocycles.